The summed E-state index contributed by atoms with van der Waals surface area (Å²) in [5.74, 6) is -0.807. The van der Waals surface area contributed by atoms with Gasteiger partial charge in [0.25, 0.3) is 11.8 Å². The van der Waals surface area contributed by atoms with Crippen LogP contribution in [0, 0.1) is 6.92 Å². The molecule has 1 saturated heterocycles. The summed E-state index contributed by atoms with van der Waals surface area (Å²) in [7, 11) is 0. The zero-order chi connectivity index (χ0) is 17.1. The zero-order valence-electron chi connectivity index (χ0n) is 12.9. The number of barbiturate groups is 1. The summed E-state index contributed by atoms with van der Waals surface area (Å²) < 4.78 is 5.13. The molecule has 3 rings (SSSR count). The van der Waals surface area contributed by atoms with Crippen LogP contribution in [0.2, 0.25) is 0 Å². The first-order valence-corrected chi connectivity index (χ1v) is 7.24. The average molecular weight is 322 g/mol. The molecular weight excluding hydrogens is 308 g/mol. The van der Waals surface area contributed by atoms with Crippen LogP contribution in [0.5, 0.6) is 0 Å². The van der Waals surface area contributed by atoms with Crippen LogP contribution in [0.15, 0.2) is 64.8 Å². The van der Waals surface area contributed by atoms with Crippen LogP contribution in [0.3, 0.4) is 0 Å². The van der Waals surface area contributed by atoms with E-state index in [2.05, 4.69) is 5.32 Å². The second-order valence-electron chi connectivity index (χ2n) is 5.19. The number of rotatable bonds is 3. The number of carbonyl (C=O) groups excluding carboxylic acids is 3. The van der Waals surface area contributed by atoms with Crippen molar-refractivity contribution >= 4 is 29.6 Å². The number of hydrogen-bond donors (Lipinski definition) is 1. The van der Waals surface area contributed by atoms with Gasteiger partial charge >= 0.3 is 6.03 Å². The highest BCUT2D eigenvalue weighted by atomic mass is 16.3. The molecule has 0 aliphatic carbocycles. The first-order valence-electron chi connectivity index (χ1n) is 7.24. The standard InChI is InChI=1S/C18H14N2O4/c1-12-5-2-6-13(11-12)20-17(22)15(16(21)19-18(20)23)9-3-7-14-8-4-10-24-14/h2-11H,1H3,(H,19,21,23)/b7-3+,15-9+. The number of nitrogens with zero attached hydrogens (tertiary/aromatic N) is 1. The molecule has 4 amide bonds. The first kappa shape index (κ1) is 15.5. The molecule has 0 atom stereocenters. The van der Waals surface area contributed by atoms with Crippen molar-refractivity contribution in [3.05, 3.63) is 71.7 Å². The number of nitrogens with one attached hydrogen (secondary N) is 1. The number of anilines is 1. The highest BCUT2D eigenvalue weighted by Gasteiger charge is 2.36. The van der Waals surface area contributed by atoms with Crippen LogP contribution in [0.4, 0.5) is 10.5 Å². The van der Waals surface area contributed by atoms with Gasteiger partial charge in [0.05, 0.1) is 12.0 Å². The molecule has 1 aliphatic heterocycles. The van der Waals surface area contributed by atoms with Gasteiger partial charge in [0.15, 0.2) is 0 Å². The molecule has 0 bridgehead atoms. The summed E-state index contributed by atoms with van der Waals surface area (Å²) >= 11 is 0. The van der Waals surface area contributed by atoms with Gasteiger partial charge < -0.3 is 4.42 Å². The smallest absolute Gasteiger partial charge is 0.335 e. The Labute approximate surface area is 138 Å². The third-order valence-corrected chi connectivity index (χ3v) is 3.43. The Morgan fingerprint density at radius 1 is 1.12 bits per heavy atom. The van der Waals surface area contributed by atoms with Gasteiger partial charge in [0.1, 0.15) is 11.3 Å². The Bertz CT molecular complexity index is 863. The van der Waals surface area contributed by atoms with E-state index in [1.54, 1.807) is 36.4 Å². The lowest BCUT2D eigenvalue weighted by Gasteiger charge is -2.26. The topological polar surface area (TPSA) is 79.6 Å². The Hall–Kier alpha value is -3.41. The van der Waals surface area contributed by atoms with Crippen LogP contribution in [-0.4, -0.2) is 17.8 Å². The minimum Gasteiger partial charge on any atom is -0.465 e. The summed E-state index contributed by atoms with van der Waals surface area (Å²) in [6, 6.07) is 9.62. The second kappa shape index (κ2) is 6.37. The molecule has 24 heavy (non-hydrogen) atoms. The molecule has 1 aromatic heterocycles. The van der Waals surface area contributed by atoms with Crippen molar-refractivity contribution in [2.24, 2.45) is 0 Å². The summed E-state index contributed by atoms with van der Waals surface area (Å²) in [5, 5.41) is 2.17. The van der Waals surface area contributed by atoms with Gasteiger partial charge in [-0.2, -0.15) is 0 Å². The van der Waals surface area contributed by atoms with Gasteiger partial charge in [-0.1, -0.05) is 18.2 Å². The molecule has 6 heteroatoms. The van der Waals surface area contributed by atoms with Gasteiger partial charge in [-0.05, 0) is 48.9 Å². The molecule has 2 aromatic rings. The fourth-order valence-electron chi connectivity index (χ4n) is 2.30. The molecule has 1 aliphatic rings. The maximum atomic E-state index is 12.6. The van der Waals surface area contributed by atoms with Crippen LogP contribution in [0.1, 0.15) is 11.3 Å². The quantitative estimate of drug-likeness (QED) is 0.696. The Balaban J connectivity index is 1.91. The molecule has 0 unspecified atom stereocenters. The van der Waals surface area contributed by atoms with Crippen molar-refractivity contribution in [3.63, 3.8) is 0 Å². The van der Waals surface area contributed by atoms with Crippen molar-refractivity contribution in [2.45, 2.75) is 6.92 Å². The van der Waals surface area contributed by atoms with E-state index in [4.69, 9.17) is 4.42 Å². The number of hydrogen-bond acceptors (Lipinski definition) is 4. The number of amides is 4. The first-order chi connectivity index (χ1) is 11.6. The molecule has 0 radical (unpaired) electrons. The molecule has 1 N–H and O–H groups in total. The number of imide groups is 2. The molecule has 6 nitrogen and oxygen atoms in total. The summed E-state index contributed by atoms with van der Waals surface area (Å²) in [6.45, 7) is 1.85. The van der Waals surface area contributed by atoms with Crippen molar-refractivity contribution in [3.8, 4) is 0 Å². The monoisotopic (exact) mass is 322 g/mol. The molecular formula is C18H14N2O4. The predicted octanol–water partition coefficient (Wildman–Crippen LogP) is 2.81. The number of aryl methyl sites for hydroxylation is 1. The van der Waals surface area contributed by atoms with Crippen molar-refractivity contribution < 1.29 is 18.8 Å². The van der Waals surface area contributed by atoms with Crippen molar-refractivity contribution in [1.82, 2.24) is 5.32 Å². The summed E-state index contributed by atoms with van der Waals surface area (Å²) in [5.41, 5.74) is 1.18. The fourth-order valence-corrected chi connectivity index (χ4v) is 2.30. The third-order valence-electron chi connectivity index (χ3n) is 3.43. The Morgan fingerprint density at radius 3 is 2.67 bits per heavy atom. The lowest BCUT2D eigenvalue weighted by atomic mass is 10.1. The maximum absolute atomic E-state index is 12.6. The van der Waals surface area contributed by atoms with Gasteiger partial charge in [0.2, 0.25) is 0 Å². The van der Waals surface area contributed by atoms with E-state index in [0.717, 1.165) is 10.5 Å². The van der Waals surface area contributed by atoms with Crippen LogP contribution in [-0.2, 0) is 9.59 Å². The van der Waals surface area contributed by atoms with Crippen LogP contribution >= 0.6 is 0 Å². The number of furan rings is 1. The molecule has 0 spiro atoms. The number of benzene rings is 1. The molecule has 1 aromatic carbocycles. The van der Waals surface area contributed by atoms with Gasteiger partial charge in [-0.25, -0.2) is 9.69 Å². The number of carbonyl (C=O) groups is 3. The molecule has 2 heterocycles. The minimum absolute atomic E-state index is 0.126. The third kappa shape index (κ3) is 3.03. The average Bonchev–Trinajstić information content (AvgIpc) is 3.03. The zero-order valence-corrected chi connectivity index (χ0v) is 12.9. The van der Waals surface area contributed by atoms with E-state index in [1.807, 2.05) is 13.0 Å². The molecule has 0 saturated carbocycles. The van der Waals surface area contributed by atoms with Crippen LogP contribution < -0.4 is 10.2 Å². The SMILES string of the molecule is Cc1cccc(N2C(=O)NC(=O)/C(=C\C=C\c3ccco3)C2=O)c1. The summed E-state index contributed by atoms with van der Waals surface area (Å²) in [6.07, 6.45) is 6.01. The lowest BCUT2D eigenvalue weighted by Crippen LogP contribution is -2.54. The number of urea groups is 1. The van der Waals surface area contributed by atoms with Crippen molar-refractivity contribution in [2.75, 3.05) is 4.90 Å². The van der Waals surface area contributed by atoms with Gasteiger partial charge in [-0.15, -0.1) is 0 Å². The Kier molecular flexibility index (Phi) is 4.11. The van der Waals surface area contributed by atoms with E-state index in [9.17, 15) is 14.4 Å². The largest absolute Gasteiger partial charge is 0.465 e. The van der Waals surface area contributed by atoms with E-state index in [1.165, 1.54) is 18.4 Å². The summed E-state index contributed by atoms with van der Waals surface area (Å²) in [4.78, 5) is 37.5. The van der Waals surface area contributed by atoms with Crippen molar-refractivity contribution in [1.29, 1.82) is 0 Å². The van der Waals surface area contributed by atoms with E-state index in [-0.39, 0.29) is 5.57 Å². The normalized spacial score (nSPS) is 17.0. The van der Waals surface area contributed by atoms with Gasteiger partial charge in [0, 0.05) is 0 Å². The maximum Gasteiger partial charge on any atom is 0.335 e. The highest BCUT2D eigenvalue weighted by Crippen LogP contribution is 2.21. The Morgan fingerprint density at radius 2 is 1.96 bits per heavy atom. The lowest BCUT2D eigenvalue weighted by molar-refractivity contribution is -0.122. The molecule has 120 valence electrons. The highest BCUT2D eigenvalue weighted by molar-refractivity contribution is 6.37. The minimum atomic E-state index is -0.761. The van der Waals surface area contributed by atoms with E-state index in [0.29, 0.717) is 11.4 Å². The van der Waals surface area contributed by atoms with Crippen LogP contribution in [0.25, 0.3) is 6.08 Å². The number of allylic oxidation sites excluding steroid dienone is 2. The van der Waals surface area contributed by atoms with E-state index < -0.39 is 17.8 Å². The van der Waals surface area contributed by atoms with E-state index >= 15 is 0 Å². The fraction of sp³-hybridized carbons (Fsp3) is 0.0556. The second-order valence-corrected chi connectivity index (χ2v) is 5.19. The van der Waals surface area contributed by atoms with Gasteiger partial charge in [-0.3, -0.25) is 14.9 Å². The predicted molar refractivity (Wildman–Crippen MR) is 88.0 cm³/mol. The molecule has 1 fully saturated rings.